The van der Waals surface area contributed by atoms with Gasteiger partial charge in [-0.2, -0.15) is 0 Å². The van der Waals surface area contributed by atoms with Crippen LogP contribution in [0.5, 0.6) is 11.5 Å². The first-order valence-electron chi connectivity index (χ1n) is 8.24. The summed E-state index contributed by atoms with van der Waals surface area (Å²) in [6, 6.07) is 12.2. The van der Waals surface area contributed by atoms with Crippen molar-refractivity contribution in [1.29, 1.82) is 0 Å². The highest BCUT2D eigenvalue weighted by atomic mass is 35.5. The first-order chi connectivity index (χ1) is 13.6. The number of esters is 1. The molecule has 0 saturated carbocycles. The van der Waals surface area contributed by atoms with Crippen LogP contribution in [0.4, 0.5) is 0 Å². The summed E-state index contributed by atoms with van der Waals surface area (Å²) in [7, 11) is 3.11. The molecule has 8 heteroatoms. The van der Waals surface area contributed by atoms with E-state index in [1.807, 2.05) is 0 Å². The largest absolute Gasteiger partial charge is 0.497 e. The molecule has 0 aliphatic carbocycles. The molecule has 0 atom stereocenters. The average Bonchev–Trinajstić information content (AvgIpc) is 3.20. The molecule has 0 aliphatic rings. The van der Waals surface area contributed by atoms with Crippen LogP contribution in [0.2, 0.25) is 5.02 Å². The molecular weight excluding hydrogens is 384 g/mol. The quantitative estimate of drug-likeness (QED) is 0.434. The molecule has 3 rings (SSSR count). The summed E-state index contributed by atoms with van der Waals surface area (Å²) in [4.78, 5) is 12.0. The van der Waals surface area contributed by atoms with Gasteiger partial charge in [0.15, 0.2) is 6.61 Å². The van der Waals surface area contributed by atoms with Crippen LogP contribution < -0.4 is 9.47 Å². The van der Waals surface area contributed by atoms with Crippen molar-refractivity contribution < 1.29 is 23.4 Å². The molecule has 0 N–H and O–H groups in total. The van der Waals surface area contributed by atoms with Crippen molar-refractivity contribution in [2.24, 2.45) is 0 Å². The van der Waals surface area contributed by atoms with Gasteiger partial charge >= 0.3 is 5.97 Å². The van der Waals surface area contributed by atoms with E-state index in [1.165, 1.54) is 6.08 Å². The van der Waals surface area contributed by atoms with Crippen molar-refractivity contribution in [3.8, 4) is 23.0 Å². The smallest absolute Gasteiger partial charge is 0.331 e. The third-order valence-corrected chi connectivity index (χ3v) is 3.98. The second kappa shape index (κ2) is 9.05. The van der Waals surface area contributed by atoms with Crippen LogP contribution in [-0.4, -0.2) is 30.4 Å². The summed E-state index contributed by atoms with van der Waals surface area (Å²) in [6.45, 7) is -0.140. The van der Waals surface area contributed by atoms with Gasteiger partial charge in [0.05, 0.1) is 14.2 Å². The molecule has 144 valence electrons. The number of aromatic nitrogens is 2. The zero-order valence-corrected chi connectivity index (χ0v) is 16.0. The van der Waals surface area contributed by atoms with Gasteiger partial charge in [-0.1, -0.05) is 11.6 Å². The predicted molar refractivity (Wildman–Crippen MR) is 103 cm³/mol. The highest BCUT2D eigenvalue weighted by molar-refractivity contribution is 6.30. The van der Waals surface area contributed by atoms with E-state index in [0.717, 1.165) is 5.56 Å². The van der Waals surface area contributed by atoms with Crippen LogP contribution in [0.1, 0.15) is 11.5 Å². The highest BCUT2D eigenvalue weighted by Gasteiger charge is 2.10. The molecule has 0 aliphatic heterocycles. The summed E-state index contributed by atoms with van der Waals surface area (Å²) < 4.78 is 21.0. The highest BCUT2D eigenvalue weighted by Crippen LogP contribution is 2.25. The van der Waals surface area contributed by atoms with Gasteiger partial charge in [0.25, 0.3) is 5.89 Å². The van der Waals surface area contributed by atoms with E-state index in [4.69, 9.17) is 30.2 Å². The third-order valence-electron chi connectivity index (χ3n) is 3.73. The van der Waals surface area contributed by atoms with Gasteiger partial charge in [0.1, 0.15) is 11.5 Å². The van der Waals surface area contributed by atoms with E-state index in [9.17, 15) is 4.79 Å². The van der Waals surface area contributed by atoms with Crippen molar-refractivity contribution in [3.63, 3.8) is 0 Å². The second-order valence-electron chi connectivity index (χ2n) is 5.56. The number of carbonyl (C=O) groups is 1. The van der Waals surface area contributed by atoms with Gasteiger partial charge in [-0.3, -0.25) is 0 Å². The van der Waals surface area contributed by atoms with Gasteiger partial charge < -0.3 is 18.6 Å². The minimum atomic E-state index is -0.559. The van der Waals surface area contributed by atoms with Gasteiger partial charge in [-0.15, -0.1) is 10.2 Å². The Bertz CT molecular complexity index is 983. The van der Waals surface area contributed by atoms with Gasteiger partial charge in [-0.05, 0) is 48.5 Å². The number of carbonyl (C=O) groups excluding carboxylic acids is 1. The second-order valence-corrected chi connectivity index (χ2v) is 5.99. The maximum absolute atomic E-state index is 12.0. The van der Waals surface area contributed by atoms with Crippen molar-refractivity contribution >= 4 is 23.6 Å². The lowest BCUT2D eigenvalue weighted by Gasteiger charge is -2.07. The molecule has 0 amide bonds. The lowest BCUT2D eigenvalue weighted by atomic mass is 10.1. The molecule has 3 aromatic rings. The van der Waals surface area contributed by atoms with E-state index >= 15 is 0 Å². The molecule has 0 fully saturated rings. The number of halogens is 1. The molecule has 7 nitrogen and oxygen atoms in total. The molecule has 2 aromatic carbocycles. The van der Waals surface area contributed by atoms with E-state index in [1.54, 1.807) is 62.8 Å². The van der Waals surface area contributed by atoms with Crippen molar-refractivity contribution in [1.82, 2.24) is 10.2 Å². The van der Waals surface area contributed by atoms with Crippen LogP contribution >= 0.6 is 11.6 Å². The molecule has 1 heterocycles. The van der Waals surface area contributed by atoms with Crippen molar-refractivity contribution in [3.05, 3.63) is 65.0 Å². The fourth-order valence-corrected chi connectivity index (χ4v) is 2.46. The molecule has 0 saturated heterocycles. The minimum Gasteiger partial charge on any atom is -0.497 e. The Hall–Kier alpha value is -3.32. The zero-order chi connectivity index (χ0) is 19.9. The van der Waals surface area contributed by atoms with Gasteiger partial charge in [0, 0.05) is 22.2 Å². The van der Waals surface area contributed by atoms with E-state index < -0.39 is 5.97 Å². The molecular formula is C20H17ClN2O5. The molecule has 0 radical (unpaired) electrons. The predicted octanol–water partition coefficient (Wildman–Crippen LogP) is 4.16. The topological polar surface area (TPSA) is 83.7 Å². The third kappa shape index (κ3) is 4.89. The summed E-state index contributed by atoms with van der Waals surface area (Å²) >= 11 is 5.85. The Kier molecular flexibility index (Phi) is 6.29. The zero-order valence-electron chi connectivity index (χ0n) is 15.2. The van der Waals surface area contributed by atoms with Crippen LogP contribution in [0.25, 0.3) is 17.5 Å². The fourth-order valence-electron chi connectivity index (χ4n) is 2.33. The Morgan fingerprint density at radius 1 is 1.11 bits per heavy atom. The Balaban J connectivity index is 1.60. The maximum atomic E-state index is 12.0. The van der Waals surface area contributed by atoms with E-state index in [2.05, 4.69) is 10.2 Å². The van der Waals surface area contributed by atoms with Crippen molar-refractivity contribution in [2.45, 2.75) is 6.61 Å². The Labute approximate surface area is 166 Å². The number of methoxy groups -OCH3 is 2. The minimum absolute atomic E-state index is 0.140. The molecule has 1 aromatic heterocycles. The first kappa shape index (κ1) is 19.4. The summed E-state index contributed by atoms with van der Waals surface area (Å²) in [5, 5.41) is 8.41. The van der Waals surface area contributed by atoms with Crippen LogP contribution in [-0.2, 0) is 16.1 Å². The lowest BCUT2D eigenvalue weighted by Crippen LogP contribution is -2.01. The lowest BCUT2D eigenvalue weighted by molar-refractivity contribution is -0.139. The average molecular weight is 401 g/mol. The fraction of sp³-hybridized carbons (Fsp3) is 0.150. The summed E-state index contributed by atoms with van der Waals surface area (Å²) in [5.74, 6) is 1.20. The van der Waals surface area contributed by atoms with E-state index in [-0.39, 0.29) is 12.5 Å². The molecule has 28 heavy (non-hydrogen) atoms. The number of hydrogen-bond donors (Lipinski definition) is 0. The van der Waals surface area contributed by atoms with E-state index in [0.29, 0.717) is 28.0 Å². The SMILES string of the molecule is COc1ccc(OC)c(/C=C/C(=O)OCc2nnc(-c3ccc(Cl)cc3)o2)c1. The maximum Gasteiger partial charge on any atom is 0.331 e. The molecule has 0 unspecified atom stereocenters. The van der Waals surface area contributed by atoms with Crippen LogP contribution in [0.3, 0.4) is 0 Å². The van der Waals surface area contributed by atoms with Crippen LogP contribution in [0, 0.1) is 0 Å². The number of nitrogens with zero attached hydrogens (tertiary/aromatic N) is 2. The van der Waals surface area contributed by atoms with Gasteiger partial charge in [0.2, 0.25) is 5.89 Å². The normalized spacial score (nSPS) is 10.8. The number of benzene rings is 2. The number of rotatable bonds is 7. The van der Waals surface area contributed by atoms with Crippen molar-refractivity contribution in [2.75, 3.05) is 14.2 Å². The summed E-state index contributed by atoms with van der Waals surface area (Å²) in [5.41, 5.74) is 1.40. The molecule has 0 bridgehead atoms. The van der Waals surface area contributed by atoms with Crippen LogP contribution in [0.15, 0.2) is 53.0 Å². The molecule has 0 spiro atoms. The summed E-state index contributed by atoms with van der Waals surface area (Å²) in [6.07, 6.45) is 2.87. The Morgan fingerprint density at radius 2 is 1.89 bits per heavy atom. The number of ether oxygens (including phenoxy) is 3. The number of hydrogen-bond acceptors (Lipinski definition) is 7. The standard InChI is InChI=1S/C20H17ClN2O5/c1-25-16-8-9-17(26-2)14(11-16)5-10-19(24)27-12-18-22-23-20(28-18)13-3-6-15(21)7-4-13/h3-11H,12H2,1-2H3/b10-5+. The first-order valence-corrected chi connectivity index (χ1v) is 8.62. The van der Waals surface area contributed by atoms with Gasteiger partial charge in [-0.25, -0.2) is 4.79 Å². The monoisotopic (exact) mass is 400 g/mol. The Morgan fingerprint density at radius 3 is 2.61 bits per heavy atom.